The van der Waals surface area contributed by atoms with E-state index in [0.29, 0.717) is 22.9 Å². The van der Waals surface area contributed by atoms with Crippen molar-refractivity contribution in [3.05, 3.63) is 65.4 Å². The minimum atomic E-state index is -0.951. The van der Waals surface area contributed by atoms with Crippen LogP contribution < -0.4 is 5.32 Å². The number of amides is 1. The first-order chi connectivity index (χ1) is 13.1. The molecule has 4 rings (SSSR count). The molecule has 136 valence electrons. The van der Waals surface area contributed by atoms with E-state index in [2.05, 4.69) is 25.5 Å². The van der Waals surface area contributed by atoms with Gasteiger partial charge in [-0.05, 0) is 23.8 Å². The number of anilines is 1. The monoisotopic (exact) mass is 387 g/mol. The molecule has 27 heavy (non-hydrogen) atoms. The minimum Gasteiger partial charge on any atom is -0.337 e. The number of alkyl halides is 1. The fraction of sp³-hybridized carbons (Fsp3) is 0.0556. The van der Waals surface area contributed by atoms with Crippen LogP contribution in [0, 0.1) is 11.6 Å². The van der Waals surface area contributed by atoms with Crippen molar-refractivity contribution in [2.75, 3.05) is 5.32 Å². The van der Waals surface area contributed by atoms with Gasteiger partial charge in [-0.15, -0.1) is 11.6 Å². The maximum Gasteiger partial charge on any atom is 0.261 e. The molecule has 2 heterocycles. The van der Waals surface area contributed by atoms with E-state index in [-0.39, 0.29) is 5.69 Å². The zero-order valence-electron chi connectivity index (χ0n) is 13.7. The first-order valence-electron chi connectivity index (χ1n) is 7.91. The summed E-state index contributed by atoms with van der Waals surface area (Å²) in [7, 11) is 0. The molecule has 0 bridgehead atoms. The Bertz CT molecular complexity index is 1130. The molecular weight excluding hydrogens is 376 g/mol. The van der Waals surface area contributed by atoms with Gasteiger partial charge in [0.05, 0.1) is 16.7 Å². The van der Waals surface area contributed by atoms with Crippen molar-refractivity contribution in [3.63, 3.8) is 0 Å². The lowest BCUT2D eigenvalue weighted by molar-refractivity contribution is 0.101. The lowest BCUT2D eigenvalue weighted by atomic mass is 10.2. The molecule has 9 heteroatoms. The van der Waals surface area contributed by atoms with Gasteiger partial charge in [0.1, 0.15) is 17.2 Å². The number of benzene rings is 2. The van der Waals surface area contributed by atoms with Crippen LogP contribution in [0.5, 0.6) is 0 Å². The van der Waals surface area contributed by atoms with Crippen LogP contribution in [0.15, 0.2) is 42.6 Å². The van der Waals surface area contributed by atoms with Gasteiger partial charge < -0.3 is 10.3 Å². The van der Waals surface area contributed by atoms with E-state index >= 15 is 0 Å². The van der Waals surface area contributed by atoms with Crippen molar-refractivity contribution in [1.82, 2.24) is 20.2 Å². The molecule has 0 unspecified atom stereocenters. The summed E-state index contributed by atoms with van der Waals surface area (Å²) in [4.78, 5) is 19.9. The Morgan fingerprint density at radius 2 is 1.89 bits per heavy atom. The standard InChI is InChI=1S/C18H12ClF2N5O/c19-7-9-3-1-6-12-15(9)25-17(23-12)16-13(8-22-26-16)24-18(27)14-10(20)4-2-5-11(14)21/h1-6,8H,7H2,(H,22,26)(H,23,25)(H,24,27). The normalized spacial score (nSPS) is 11.1. The summed E-state index contributed by atoms with van der Waals surface area (Å²) in [5.74, 6) is -2.15. The summed E-state index contributed by atoms with van der Waals surface area (Å²) in [6.45, 7) is 0. The van der Waals surface area contributed by atoms with Crippen molar-refractivity contribution >= 4 is 34.2 Å². The number of hydrogen-bond donors (Lipinski definition) is 3. The van der Waals surface area contributed by atoms with Gasteiger partial charge in [-0.2, -0.15) is 5.10 Å². The van der Waals surface area contributed by atoms with Gasteiger partial charge in [-0.1, -0.05) is 18.2 Å². The molecule has 3 N–H and O–H groups in total. The largest absolute Gasteiger partial charge is 0.337 e. The third kappa shape index (κ3) is 3.04. The third-order valence-electron chi connectivity index (χ3n) is 4.04. The molecule has 2 aromatic carbocycles. The Morgan fingerprint density at radius 1 is 1.15 bits per heavy atom. The molecule has 0 aliphatic heterocycles. The summed E-state index contributed by atoms with van der Waals surface area (Å²) in [5.41, 5.74) is 2.14. The second-order valence-electron chi connectivity index (χ2n) is 5.73. The first-order valence-corrected chi connectivity index (χ1v) is 8.45. The SMILES string of the molecule is O=C(Nc1c[nH]nc1-c1nc2c(CCl)cccc2[nH]1)c1c(F)cccc1F. The number of aromatic amines is 2. The van der Waals surface area contributed by atoms with Crippen LogP contribution in [0.1, 0.15) is 15.9 Å². The summed E-state index contributed by atoms with van der Waals surface area (Å²) in [5, 5.41) is 9.15. The van der Waals surface area contributed by atoms with E-state index in [1.54, 1.807) is 0 Å². The number of nitrogens with zero attached hydrogens (tertiary/aromatic N) is 2. The average molecular weight is 388 g/mol. The van der Waals surface area contributed by atoms with Gasteiger partial charge in [0.15, 0.2) is 11.5 Å². The van der Waals surface area contributed by atoms with Gasteiger partial charge >= 0.3 is 0 Å². The number of halogens is 3. The predicted octanol–water partition coefficient (Wildman–Crippen LogP) is 4.22. The molecule has 0 spiro atoms. The predicted molar refractivity (Wildman–Crippen MR) is 97.5 cm³/mol. The first kappa shape index (κ1) is 17.2. The van der Waals surface area contributed by atoms with Crippen LogP contribution in [-0.4, -0.2) is 26.1 Å². The number of nitrogens with one attached hydrogen (secondary N) is 3. The van der Waals surface area contributed by atoms with Crippen molar-refractivity contribution < 1.29 is 13.6 Å². The van der Waals surface area contributed by atoms with Crippen LogP contribution in [0.4, 0.5) is 14.5 Å². The van der Waals surface area contributed by atoms with Crippen molar-refractivity contribution in [3.8, 4) is 11.5 Å². The van der Waals surface area contributed by atoms with Crippen LogP contribution in [0.3, 0.4) is 0 Å². The lowest BCUT2D eigenvalue weighted by Gasteiger charge is -2.06. The molecule has 0 saturated carbocycles. The highest BCUT2D eigenvalue weighted by molar-refractivity contribution is 6.17. The smallest absolute Gasteiger partial charge is 0.261 e. The Hall–Kier alpha value is -3.26. The Labute approximate surface area is 156 Å². The Kier molecular flexibility index (Phi) is 4.33. The van der Waals surface area contributed by atoms with E-state index in [1.165, 1.54) is 12.3 Å². The average Bonchev–Trinajstić information content (AvgIpc) is 3.27. The summed E-state index contributed by atoms with van der Waals surface area (Å²) in [6.07, 6.45) is 1.40. The highest BCUT2D eigenvalue weighted by atomic mass is 35.5. The van der Waals surface area contributed by atoms with Crippen LogP contribution in [0.2, 0.25) is 0 Å². The van der Waals surface area contributed by atoms with E-state index in [4.69, 9.17) is 11.6 Å². The number of para-hydroxylation sites is 1. The third-order valence-corrected chi connectivity index (χ3v) is 4.33. The molecule has 0 aliphatic rings. The van der Waals surface area contributed by atoms with E-state index < -0.39 is 23.1 Å². The molecule has 0 aliphatic carbocycles. The molecule has 0 radical (unpaired) electrons. The molecule has 2 aromatic heterocycles. The zero-order chi connectivity index (χ0) is 19.0. The zero-order valence-corrected chi connectivity index (χ0v) is 14.4. The fourth-order valence-electron chi connectivity index (χ4n) is 2.78. The summed E-state index contributed by atoms with van der Waals surface area (Å²) < 4.78 is 27.6. The molecule has 1 amide bonds. The number of rotatable bonds is 4. The number of fused-ring (bicyclic) bond motifs is 1. The topological polar surface area (TPSA) is 86.5 Å². The molecule has 0 atom stereocenters. The maximum atomic E-state index is 13.8. The highest BCUT2D eigenvalue weighted by Gasteiger charge is 2.21. The molecule has 6 nitrogen and oxygen atoms in total. The highest BCUT2D eigenvalue weighted by Crippen LogP contribution is 2.28. The van der Waals surface area contributed by atoms with Crippen LogP contribution in [-0.2, 0) is 5.88 Å². The second-order valence-corrected chi connectivity index (χ2v) is 6.00. The van der Waals surface area contributed by atoms with Gasteiger partial charge in [0, 0.05) is 12.1 Å². The van der Waals surface area contributed by atoms with Crippen molar-refractivity contribution in [1.29, 1.82) is 0 Å². The second kappa shape index (κ2) is 6.81. The van der Waals surface area contributed by atoms with Gasteiger partial charge in [0.25, 0.3) is 5.91 Å². The molecule has 0 fully saturated rings. The summed E-state index contributed by atoms with van der Waals surface area (Å²) >= 11 is 5.93. The molecule has 0 saturated heterocycles. The van der Waals surface area contributed by atoms with Crippen molar-refractivity contribution in [2.45, 2.75) is 5.88 Å². The van der Waals surface area contributed by atoms with Crippen LogP contribution >= 0.6 is 11.6 Å². The number of carbonyl (C=O) groups is 1. The maximum absolute atomic E-state index is 13.8. The van der Waals surface area contributed by atoms with E-state index in [0.717, 1.165) is 23.2 Å². The van der Waals surface area contributed by atoms with Gasteiger partial charge in [0.2, 0.25) is 0 Å². The van der Waals surface area contributed by atoms with Crippen LogP contribution in [0.25, 0.3) is 22.6 Å². The quantitative estimate of drug-likeness (QED) is 0.458. The van der Waals surface area contributed by atoms with Gasteiger partial charge in [-0.25, -0.2) is 13.8 Å². The van der Waals surface area contributed by atoms with E-state index in [1.807, 2.05) is 18.2 Å². The number of H-pyrrole nitrogens is 2. The van der Waals surface area contributed by atoms with Gasteiger partial charge in [-0.3, -0.25) is 9.89 Å². The summed E-state index contributed by atoms with van der Waals surface area (Å²) in [6, 6.07) is 8.75. The van der Waals surface area contributed by atoms with Crippen molar-refractivity contribution in [2.24, 2.45) is 0 Å². The number of hydrogen-bond acceptors (Lipinski definition) is 3. The molecule has 4 aromatic rings. The Morgan fingerprint density at radius 3 is 2.63 bits per heavy atom. The minimum absolute atomic E-state index is 0.231. The number of aromatic nitrogens is 4. The number of imidazole rings is 1. The lowest BCUT2D eigenvalue weighted by Crippen LogP contribution is -2.16. The number of carbonyl (C=O) groups excluding carboxylic acids is 1. The Balaban J connectivity index is 1.71. The molecular formula is C18H12ClF2N5O. The van der Waals surface area contributed by atoms with E-state index in [9.17, 15) is 13.6 Å². The fourth-order valence-corrected chi connectivity index (χ4v) is 2.99.